The van der Waals surface area contributed by atoms with Gasteiger partial charge in [0.15, 0.2) is 17.3 Å². The van der Waals surface area contributed by atoms with Gasteiger partial charge in [-0.2, -0.15) is 0 Å². The van der Waals surface area contributed by atoms with E-state index in [2.05, 4.69) is 5.32 Å². The lowest BCUT2D eigenvalue weighted by Crippen LogP contribution is -2.56. The van der Waals surface area contributed by atoms with Crippen molar-refractivity contribution in [3.05, 3.63) is 53.6 Å². The molecule has 2 saturated heterocycles. The van der Waals surface area contributed by atoms with Crippen molar-refractivity contribution in [1.82, 2.24) is 5.32 Å². The Balaban J connectivity index is 1.88. The molecule has 2 aromatic rings. The maximum absolute atomic E-state index is 13.9. The summed E-state index contributed by atoms with van der Waals surface area (Å²) in [4.78, 5) is 54.1. The minimum atomic E-state index is -1.40. The highest BCUT2D eigenvalue weighted by Crippen LogP contribution is 2.52. The maximum Gasteiger partial charge on any atom is 0.326 e. The predicted octanol–water partition coefficient (Wildman–Crippen LogP) is 3.07. The van der Waals surface area contributed by atoms with Gasteiger partial charge in [0.25, 0.3) is 0 Å². The lowest BCUT2D eigenvalue weighted by Gasteiger charge is -2.32. The van der Waals surface area contributed by atoms with Crippen molar-refractivity contribution in [2.75, 3.05) is 26.2 Å². The number of hydrogen-bond acceptors (Lipinski definition) is 8. The first-order valence-corrected chi connectivity index (χ1v) is 11.8. The molecule has 0 aromatic heterocycles. The predicted molar refractivity (Wildman–Crippen MR) is 131 cm³/mol. The summed E-state index contributed by atoms with van der Waals surface area (Å²) in [5, 5.41) is 3.33. The quantitative estimate of drug-likeness (QED) is 0.339. The molecule has 36 heavy (non-hydrogen) atoms. The number of anilines is 1. The first-order valence-electron chi connectivity index (χ1n) is 11.8. The molecule has 0 spiro atoms. The van der Waals surface area contributed by atoms with Crippen LogP contribution in [0.1, 0.15) is 48.7 Å². The average Bonchev–Trinajstić information content (AvgIpc) is 3.37. The molecule has 9 heteroatoms. The Morgan fingerprint density at radius 2 is 1.72 bits per heavy atom. The van der Waals surface area contributed by atoms with Crippen molar-refractivity contribution in [2.24, 2.45) is 11.8 Å². The number of amides is 2. The summed E-state index contributed by atoms with van der Waals surface area (Å²) in [5.74, 6) is -2.61. The van der Waals surface area contributed by atoms with E-state index in [4.69, 9.17) is 14.2 Å². The molecule has 0 radical (unpaired) electrons. The second kappa shape index (κ2) is 9.73. The number of fused-ring (bicyclic) bond motifs is 1. The Morgan fingerprint density at radius 1 is 1.00 bits per heavy atom. The summed E-state index contributed by atoms with van der Waals surface area (Å²) in [7, 11) is 4.31. The van der Waals surface area contributed by atoms with Crippen molar-refractivity contribution < 1.29 is 33.4 Å². The summed E-state index contributed by atoms with van der Waals surface area (Å²) in [6.45, 7) is 3.32. The zero-order valence-corrected chi connectivity index (χ0v) is 21.0. The van der Waals surface area contributed by atoms with Gasteiger partial charge in [-0.3, -0.25) is 24.5 Å². The Labute approximate surface area is 209 Å². The van der Waals surface area contributed by atoms with E-state index >= 15 is 0 Å². The molecule has 9 nitrogen and oxygen atoms in total. The number of carbonyl (C=O) groups excluding carboxylic acids is 4. The van der Waals surface area contributed by atoms with Crippen LogP contribution in [0.4, 0.5) is 5.69 Å². The topological polar surface area (TPSA) is 111 Å². The summed E-state index contributed by atoms with van der Waals surface area (Å²) in [5.41, 5.74) is -0.0444. The van der Waals surface area contributed by atoms with Crippen molar-refractivity contribution in [3.8, 4) is 11.5 Å². The van der Waals surface area contributed by atoms with E-state index in [1.807, 2.05) is 6.92 Å². The molecule has 2 aliphatic heterocycles. The first-order chi connectivity index (χ1) is 17.2. The number of nitrogens with zero attached hydrogens (tertiary/aromatic N) is 1. The van der Waals surface area contributed by atoms with Gasteiger partial charge in [-0.05, 0) is 43.2 Å². The van der Waals surface area contributed by atoms with Gasteiger partial charge in [-0.25, -0.2) is 4.90 Å². The molecular weight excluding hydrogens is 464 g/mol. The number of nitrogens with one attached hydrogen (secondary N) is 1. The highest BCUT2D eigenvalue weighted by atomic mass is 16.5. The lowest BCUT2D eigenvalue weighted by molar-refractivity contribution is -0.152. The second-order valence-corrected chi connectivity index (χ2v) is 9.07. The monoisotopic (exact) mass is 494 g/mol. The molecule has 4 atom stereocenters. The van der Waals surface area contributed by atoms with Crippen LogP contribution < -0.4 is 19.7 Å². The zero-order valence-electron chi connectivity index (χ0n) is 21.0. The summed E-state index contributed by atoms with van der Waals surface area (Å²) in [6.07, 6.45) is 0.871. The molecule has 2 fully saturated rings. The third kappa shape index (κ3) is 3.83. The van der Waals surface area contributed by atoms with E-state index in [0.717, 1.165) is 4.90 Å². The number of carbonyl (C=O) groups is 4. The molecule has 0 saturated carbocycles. The number of ketones is 1. The Morgan fingerprint density at radius 3 is 2.33 bits per heavy atom. The number of hydrogen-bond donors (Lipinski definition) is 1. The van der Waals surface area contributed by atoms with E-state index in [0.29, 0.717) is 41.2 Å². The molecule has 2 aromatic carbocycles. The van der Waals surface area contributed by atoms with Crippen LogP contribution >= 0.6 is 0 Å². The molecule has 4 rings (SSSR count). The third-order valence-electron chi connectivity index (χ3n) is 7.13. The van der Waals surface area contributed by atoms with Crippen LogP contribution in [-0.4, -0.2) is 50.4 Å². The van der Waals surface area contributed by atoms with Crippen LogP contribution in [0.5, 0.6) is 11.5 Å². The summed E-state index contributed by atoms with van der Waals surface area (Å²) < 4.78 is 16.0. The minimum Gasteiger partial charge on any atom is -0.493 e. The molecule has 0 unspecified atom stereocenters. The smallest absolute Gasteiger partial charge is 0.326 e. The van der Waals surface area contributed by atoms with Crippen LogP contribution in [0.3, 0.4) is 0 Å². The van der Waals surface area contributed by atoms with Crippen LogP contribution in [0.2, 0.25) is 0 Å². The van der Waals surface area contributed by atoms with Gasteiger partial charge in [0.2, 0.25) is 11.8 Å². The minimum absolute atomic E-state index is 0.184. The maximum atomic E-state index is 13.9. The van der Waals surface area contributed by atoms with Crippen LogP contribution in [-0.2, 0) is 19.1 Å². The van der Waals surface area contributed by atoms with Gasteiger partial charge in [0, 0.05) is 11.6 Å². The largest absolute Gasteiger partial charge is 0.493 e. The third-order valence-corrected chi connectivity index (χ3v) is 7.13. The van der Waals surface area contributed by atoms with Crippen molar-refractivity contribution >= 4 is 29.3 Å². The van der Waals surface area contributed by atoms with Crippen molar-refractivity contribution in [2.45, 2.75) is 38.3 Å². The van der Waals surface area contributed by atoms with Gasteiger partial charge in [0.05, 0.1) is 38.9 Å². The van der Waals surface area contributed by atoms with E-state index in [9.17, 15) is 19.2 Å². The van der Waals surface area contributed by atoms with Crippen LogP contribution in [0.25, 0.3) is 0 Å². The van der Waals surface area contributed by atoms with Gasteiger partial charge in [-0.15, -0.1) is 0 Å². The van der Waals surface area contributed by atoms with Crippen molar-refractivity contribution in [1.29, 1.82) is 0 Å². The Hall–Kier alpha value is -3.72. The highest BCUT2D eigenvalue weighted by molar-refractivity contribution is 6.24. The fourth-order valence-electron chi connectivity index (χ4n) is 5.55. The summed E-state index contributed by atoms with van der Waals surface area (Å²) >= 11 is 0. The average molecular weight is 495 g/mol. The van der Waals surface area contributed by atoms with Crippen LogP contribution in [0.15, 0.2) is 42.5 Å². The second-order valence-electron chi connectivity index (χ2n) is 9.07. The number of imide groups is 1. The zero-order chi connectivity index (χ0) is 26.2. The van der Waals surface area contributed by atoms with Crippen LogP contribution in [0, 0.1) is 11.8 Å². The van der Waals surface area contributed by atoms with E-state index in [1.165, 1.54) is 34.3 Å². The van der Waals surface area contributed by atoms with Gasteiger partial charge in [-0.1, -0.05) is 31.5 Å². The highest BCUT2D eigenvalue weighted by Gasteiger charge is 2.68. The number of ether oxygens (including phenoxy) is 3. The molecule has 2 amide bonds. The fourth-order valence-corrected chi connectivity index (χ4v) is 5.55. The number of esters is 1. The molecule has 0 aliphatic carbocycles. The van der Waals surface area contributed by atoms with Gasteiger partial charge in [0.1, 0.15) is 5.54 Å². The number of rotatable bonds is 8. The normalized spacial score (nSPS) is 25.0. The number of Topliss-reactive ketones (excluding diaryl/α,β-unsaturated/α-hetero) is 1. The Kier molecular flexibility index (Phi) is 6.86. The van der Waals surface area contributed by atoms with Crippen molar-refractivity contribution in [3.63, 3.8) is 0 Å². The van der Waals surface area contributed by atoms with E-state index < -0.39 is 41.2 Å². The summed E-state index contributed by atoms with van der Waals surface area (Å²) in [6, 6.07) is 11.0. The van der Waals surface area contributed by atoms with E-state index in [-0.39, 0.29) is 5.78 Å². The number of methoxy groups -OCH3 is 3. The molecular formula is C27H30N2O7. The Bertz CT molecular complexity index is 1230. The standard InChI is InChI=1S/C27H30N2O7/c1-6-12-27(26(33)36-5)22-21(23(28-27)17-10-11-19(34-3)20(14-17)35-4)24(31)29(25(22)32)18-9-7-8-16(13-18)15(2)30/h7-11,13-14,21-23,28H,6,12H2,1-5H3/t21-,22-,23-,27-/m0/s1. The first kappa shape index (κ1) is 25.4. The molecule has 2 heterocycles. The molecule has 1 N–H and O–H groups in total. The SMILES string of the molecule is CCC[C@]1(C(=O)OC)N[C@@H](c2ccc(OC)c(OC)c2)[C@H]2C(=O)N(c3cccc(C(C)=O)c3)C(=O)[C@H]21. The fraction of sp³-hybridized carbons (Fsp3) is 0.407. The lowest BCUT2D eigenvalue weighted by atomic mass is 9.77. The van der Waals surface area contributed by atoms with Gasteiger partial charge >= 0.3 is 5.97 Å². The van der Waals surface area contributed by atoms with Gasteiger partial charge < -0.3 is 14.2 Å². The molecule has 0 bridgehead atoms. The van der Waals surface area contributed by atoms with E-state index in [1.54, 1.807) is 36.4 Å². The number of benzene rings is 2. The molecule has 190 valence electrons. The molecule has 2 aliphatic rings.